The number of anilines is 1. The van der Waals surface area contributed by atoms with E-state index in [1.165, 1.54) is 28.8 Å². The standard InChI is InChI=1S/C30H26F2N6O4/c1-17(2)37-16-24(29(40)38(30(37)41)21-8-5-19(31)6-9-21)28(39)34-20-7-10-27(25(32)13-20)42-22-11-12-33-26(14-22)23-15-36(4)35-18(23)3/h5-17H,1-4H3,(H,34,39). The highest BCUT2D eigenvalue weighted by molar-refractivity contribution is 6.03. The number of ether oxygens (including phenoxy) is 1. The van der Waals surface area contributed by atoms with Crippen LogP contribution >= 0.6 is 0 Å². The normalized spacial score (nSPS) is 11.1. The van der Waals surface area contributed by atoms with Crippen molar-refractivity contribution in [2.75, 3.05) is 5.32 Å². The minimum absolute atomic E-state index is 0.0567. The number of aryl methyl sites for hydroxylation is 2. The molecule has 0 saturated heterocycles. The van der Waals surface area contributed by atoms with Gasteiger partial charge in [-0.3, -0.25) is 23.8 Å². The Morgan fingerprint density at radius 1 is 1.00 bits per heavy atom. The number of nitrogens with one attached hydrogen (secondary N) is 1. The van der Waals surface area contributed by atoms with Gasteiger partial charge in [0.1, 0.15) is 17.1 Å². The molecule has 42 heavy (non-hydrogen) atoms. The van der Waals surface area contributed by atoms with Crippen LogP contribution in [0.25, 0.3) is 16.9 Å². The number of benzene rings is 2. The van der Waals surface area contributed by atoms with Gasteiger partial charge >= 0.3 is 5.69 Å². The molecule has 0 aliphatic carbocycles. The quantitative estimate of drug-likeness (QED) is 0.294. The molecule has 0 aliphatic heterocycles. The van der Waals surface area contributed by atoms with Crippen LogP contribution in [0.1, 0.15) is 35.9 Å². The Bertz CT molecular complexity index is 1930. The third-order valence-electron chi connectivity index (χ3n) is 6.44. The summed E-state index contributed by atoms with van der Waals surface area (Å²) < 4.78 is 37.9. The lowest BCUT2D eigenvalue weighted by atomic mass is 10.2. The number of halogens is 2. The highest BCUT2D eigenvalue weighted by Gasteiger charge is 2.20. The number of pyridine rings is 1. The molecule has 0 radical (unpaired) electrons. The number of carbonyl (C=O) groups is 1. The summed E-state index contributed by atoms with van der Waals surface area (Å²) in [5.41, 5.74) is 0.398. The fourth-order valence-electron chi connectivity index (χ4n) is 4.38. The van der Waals surface area contributed by atoms with Crippen LogP contribution in [0, 0.1) is 18.6 Å². The summed E-state index contributed by atoms with van der Waals surface area (Å²) in [5, 5.41) is 6.81. The smallest absolute Gasteiger partial charge is 0.335 e. The van der Waals surface area contributed by atoms with E-state index >= 15 is 4.39 Å². The highest BCUT2D eigenvalue weighted by atomic mass is 19.1. The molecular formula is C30H26F2N6O4. The van der Waals surface area contributed by atoms with Gasteiger partial charge in [-0.2, -0.15) is 5.10 Å². The Labute approximate surface area is 238 Å². The third kappa shape index (κ3) is 5.59. The Morgan fingerprint density at radius 3 is 2.38 bits per heavy atom. The molecule has 0 spiro atoms. The molecule has 0 atom stereocenters. The molecule has 0 bridgehead atoms. The van der Waals surface area contributed by atoms with E-state index in [-0.39, 0.29) is 22.7 Å². The summed E-state index contributed by atoms with van der Waals surface area (Å²) in [7, 11) is 1.80. The Balaban J connectivity index is 1.41. The van der Waals surface area contributed by atoms with Crippen LogP contribution in [0.5, 0.6) is 11.5 Å². The van der Waals surface area contributed by atoms with Gasteiger partial charge in [0.25, 0.3) is 11.5 Å². The van der Waals surface area contributed by atoms with E-state index in [4.69, 9.17) is 4.74 Å². The number of hydrogen-bond donors (Lipinski definition) is 1. The van der Waals surface area contributed by atoms with Crippen molar-refractivity contribution >= 4 is 11.6 Å². The number of hydrogen-bond acceptors (Lipinski definition) is 6. The van der Waals surface area contributed by atoms with Gasteiger partial charge in [-0.1, -0.05) is 0 Å². The molecule has 214 valence electrons. The summed E-state index contributed by atoms with van der Waals surface area (Å²) in [6, 6.07) is 11.4. The summed E-state index contributed by atoms with van der Waals surface area (Å²) in [6.45, 7) is 5.27. The minimum Gasteiger partial charge on any atom is -0.454 e. The molecule has 0 unspecified atom stereocenters. The molecule has 5 aromatic rings. The van der Waals surface area contributed by atoms with Crippen LogP contribution in [0.2, 0.25) is 0 Å². The van der Waals surface area contributed by atoms with Crippen molar-refractivity contribution in [3.63, 3.8) is 0 Å². The zero-order valence-corrected chi connectivity index (χ0v) is 23.1. The molecule has 2 aromatic carbocycles. The van der Waals surface area contributed by atoms with Gasteiger partial charge in [0.15, 0.2) is 11.6 Å². The second kappa shape index (κ2) is 11.2. The first-order valence-electron chi connectivity index (χ1n) is 12.9. The summed E-state index contributed by atoms with van der Waals surface area (Å²) in [4.78, 5) is 43.8. The second-order valence-electron chi connectivity index (χ2n) is 9.82. The fraction of sp³-hybridized carbons (Fsp3) is 0.167. The van der Waals surface area contributed by atoms with E-state index in [9.17, 15) is 18.8 Å². The fourth-order valence-corrected chi connectivity index (χ4v) is 4.38. The lowest BCUT2D eigenvalue weighted by Crippen LogP contribution is -2.42. The SMILES string of the molecule is Cc1nn(C)cc1-c1cc(Oc2ccc(NC(=O)c3cn(C(C)C)c(=O)n(-c4ccc(F)cc4)c3=O)cc2F)ccn1. The Hall–Kier alpha value is -5.39. The molecule has 1 N–H and O–H groups in total. The largest absolute Gasteiger partial charge is 0.454 e. The summed E-state index contributed by atoms with van der Waals surface area (Å²) >= 11 is 0. The molecule has 0 aliphatic rings. The lowest BCUT2D eigenvalue weighted by Gasteiger charge is -2.16. The van der Waals surface area contributed by atoms with Crippen molar-refractivity contribution in [2.24, 2.45) is 7.05 Å². The topological polar surface area (TPSA) is 113 Å². The van der Waals surface area contributed by atoms with Crippen molar-refractivity contribution < 1.29 is 18.3 Å². The zero-order valence-electron chi connectivity index (χ0n) is 23.1. The maximum atomic E-state index is 15.1. The van der Waals surface area contributed by atoms with Crippen LogP contribution in [-0.4, -0.2) is 29.8 Å². The molecule has 1 amide bonds. The van der Waals surface area contributed by atoms with E-state index in [2.05, 4.69) is 15.4 Å². The van der Waals surface area contributed by atoms with Gasteiger partial charge in [0, 0.05) is 55.1 Å². The maximum absolute atomic E-state index is 15.1. The molecule has 3 heterocycles. The number of aromatic nitrogens is 5. The van der Waals surface area contributed by atoms with E-state index in [1.807, 2.05) is 13.1 Å². The summed E-state index contributed by atoms with van der Waals surface area (Å²) in [6.07, 6.45) is 4.52. The van der Waals surface area contributed by atoms with E-state index in [0.29, 0.717) is 11.4 Å². The van der Waals surface area contributed by atoms with E-state index in [1.54, 1.807) is 43.9 Å². The third-order valence-corrected chi connectivity index (χ3v) is 6.44. The number of rotatable bonds is 7. The number of nitrogens with zero attached hydrogens (tertiary/aromatic N) is 5. The van der Waals surface area contributed by atoms with Crippen molar-refractivity contribution in [3.8, 4) is 28.4 Å². The van der Waals surface area contributed by atoms with Crippen LogP contribution < -0.4 is 21.3 Å². The molecule has 5 rings (SSSR count). The summed E-state index contributed by atoms with van der Waals surface area (Å²) in [5.74, 6) is -1.92. The molecular weight excluding hydrogens is 546 g/mol. The first kappa shape index (κ1) is 28.1. The Kier molecular flexibility index (Phi) is 7.53. The van der Waals surface area contributed by atoms with Gasteiger partial charge < -0.3 is 10.1 Å². The van der Waals surface area contributed by atoms with E-state index in [0.717, 1.165) is 40.2 Å². The molecule has 12 heteroatoms. The minimum atomic E-state index is -0.904. The van der Waals surface area contributed by atoms with Crippen LogP contribution in [0.4, 0.5) is 14.5 Å². The van der Waals surface area contributed by atoms with Crippen LogP contribution in [0.15, 0.2) is 82.8 Å². The van der Waals surface area contributed by atoms with Crippen molar-refractivity contribution in [1.29, 1.82) is 0 Å². The lowest BCUT2D eigenvalue weighted by molar-refractivity contribution is 0.102. The molecule has 0 fully saturated rings. The van der Waals surface area contributed by atoms with Gasteiger partial charge in [-0.15, -0.1) is 0 Å². The van der Waals surface area contributed by atoms with Gasteiger partial charge in [0.2, 0.25) is 0 Å². The predicted octanol–water partition coefficient (Wildman–Crippen LogP) is 5.01. The first-order valence-corrected chi connectivity index (χ1v) is 12.9. The van der Waals surface area contributed by atoms with Crippen LogP contribution in [0.3, 0.4) is 0 Å². The Morgan fingerprint density at radius 2 is 1.74 bits per heavy atom. The van der Waals surface area contributed by atoms with Gasteiger partial charge in [-0.25, -0.2) is 18.1 Å². The average molecular weight is 573 g/mol. The predicted molar refractivity (Wildman–Crippen MR) is 152 cm³/mol. The molecule has 10 nitrogen and oxygen atoms in total. The number of carbonyl (C=O) groups excluding carboxylic acids is 1. The monoisotopic (exact) mass is 572 g/mol. The maximum Gasteiger partial charge on any atom is 0.335 e. The molecule has 0 saturated carbocycles. The zero-order chi connectivity index (χ0) is 30.1. The first-order chi connectivity index (χ1) is 20.0. The van der Waals surface area contributed by atoms with Gasteiger partial charge in [0.05, 0.1) is 17.1 Å². The second-order valence-corrected chi connectivity index (χ2v) is 9.82. The highest BCUT2D eigenvalue weighted by Crippen LogP contribution is 2.30. The van der Waals surface area contributed by atoms with Gasteiger partial charge in [-0.05, 0) is 63.2 Å². The van der Waals surface area contributed by atoms with E-state index < -0.39 is 34.8 Å². The average Bonchev–Trinajstić information content (AvgIpc) is 3.29. The van der Waals surface area contributed by atoms with Crippen LogP contribution in [-0.2, 0) is 7.05 Å². The number of amides is 1. The van der Waals surface area contributed by atoms with Crippen molar-refractivity contribution in [2.45, 2.75) is 26.8 Å². The van der Waals surface area contributed by atoms with Crippen molar-refractivity contribution in [3.05, 3.63) is 117 Å². The molecule has 3 aromatic heterocycles. The van der Waals surface area contributed by atoms with Crippen molar-refractivity contribution in [1.82, 2.24) is 23.9 Å².